The van der Waals surface area contributed by atoms with E-state index in [-0.39, 0.29) is 23.9 Å². The molecule has 1 aliphatic rings. The van der Waals surface area contributed by atoms with Crippen LogP contribution in [0.4, 0.5) is 0 Å². The van der Waals surface area contributed by atoms with Gasteiger partial charge in [-0.25, -0.2) is 8.42 Å². The summed E-state index contributed by atoms with van der Waals surface area (Å²) in [4.78, 5) is 14.7. The maximum atomic E-state index is 13.3. The van der Waals surface area contributed by atoms with E-state index in [2.05, 4.69) is 6.92 Å². The molecule has 1 saturated heterocycles. The van der Waals surface area contributed by atoms with Crippen LogP contribution in [0.5, 0.6) is 5.75 Å². The van der Waals surface area contributed by atoms with Crippen LogP contribution in [-0.2, 0) is 21.4 Å². The van der Waals surface area contributed by atoms with Gasteiger partial charge in [-0.15, -0.1) is 0 Å². The second-order valence-electron chi connectivity index (χ2n) is 7.32. The van der Waals surface area contributed by atoms with Crippen molar-refractivity contribution < 1.29 is 22.4 Å². The molecule has 1 aromatic carbocycles. The van der Waals surface area contributed by atoms with Gasteiger partial charge in [0.1, 0.15) is 11.5 Å². The number of hydrogen-bond acceptors (Lipinski definition) is 5. The quantitative estimate of drug-likeness (QED) is 0.655. The number of benzene rings is 1. The molecule has 1 amide bonds. The molecule has 0 unspecified atom stereocenters. The molecule has 0 saturated carbocycles. The Kier molecular flexibility index (Phi) is 6.97. The molecule has 0 aliphatic carbocycles. The van der Waals surface area contributed by atoms with Gasteiger partial charge in [0.2, 0.25) is 15.9 Å². The number of furan rings is 1. The summed E-state index contributed by atoms with van der Waals surface area (Å²) in [6.45, 7) is 5.64. The predicted octanol–water partition coefficient (Wildman–Crippen LogP) is 3.13. The van der Waals surface area contributed by atoms with E-state index < -0.39 is 10.0 Å². The van der Waals surface area contributed by atoms with E-state index in [0.717, 1.165) is 12.8 Å². The molecule has 7 nitrogen and oxygen atoms in total. The number of carbonyl (C=O) groups is 1. The van der Waals surface area contributed by atoms with Gasteiger partial charge in [-0.3, -0.25) is 4.79 Å². The highest BCUT2D eigenvalue weighted by atomic mass is 32.2. The molecule has 0 spiro atoms. The molecular weight excluding hydrogens is 392 g/mol. The SMILES string of the molecule is CCOc1ccc(S(=O)(=O)N(CC(=O)N2CCC(C)CC2)Cc2ccco2)cc1. The summed E-state index contributed by atoms with van der Waals surface area (Å²) in [6, 6.07) is 9.65. The van der Waals surface area contributed by atoms with Gasteiger partial charge in [-0.2, -0.15) is 4.31 Å². The van der Waals surface area contributed by atoms with Crippen molar-refractivity contribution in [2.45, 2.75) is 38.1 Å². The van der Waals surface area contributed by atoms with Crippen LogP contribution in [-0.4, -0.2) is 49.8 Å². The zero-order chi connectivity index (χ0) is 20.9. The number of ether oxygens (including phenoxy) is 1. The van der Waals surface area contributed by atoms with Gasteiger partial charge in [0, 0.05) is 13.1 Å². The highest BCUT2D eigenvalue weighted by Gasteiger charge is 2.30. The van der Waals surface area contributed by atoms with E-state index in [1.807, 2.05) is 6.92 Å². The lowest BCUT2D eigenvalue weighted by Crippen LogP contribution is -2.45. The van der Waals surface area contributed by atoms with Gasteiger partial charge < -0.3 is 14.1 Å². The minimum atomic E-state index is -3.88. The molecule has 1 aliphatic heterocycles. The molecule has 8 heteroatoms. The van der Waals surface area contributed by atoms with E-state index in [1.54, 1.807) is 29.2 Å². The molecule has 1 aromatic heterocycles. The Balaban J connectivity index is 1.81. The second-order valence-corrected chi connectivity index (χ2v) is 9.26. The van der Waals surface area contributed by atoms with Gasteiger partial charge in [-0.1, -0.05) is 6.92 Å². The molecule has 1 fully saturated rings. The van der Waals surface area contributed by atoms with Gasteiger partial charge in [0.05, 0.1) is 30.9 Å². The van der Waals surface area contributed by atoms with Crippen LogP contribution < -0.4 is 4.74 Å². The summed E-state index contributed by atoms with van der Waals surface area (Å²) in [5, 5.41) is 0. The monoisotopic (exact) mass is 420 g/mol. The fourth-order valence-corrected chi connectivity index (χ4v) is 4.69. The van der Waals surface area contributed by atoms with E-state index in [9.17, 15) is 13.2 Å². The standard InChI is InChI=1S/C21H28N2O5S/c1-3-27-18-6-8-20(9-7-18)29(25,26)23(15-19-5-4-14-28-19)16-21(24)22-12-10-17(2)11-13-22/h4-9,14,17H,3,10-13,15-16H2,1-2H3. The lowest BCUT2D eigenvalue weighted by Gasteiger charge is -2.32. The summed E-state index contributed by atoms with van der Waals surface area (Å²) >= 11 is 0. The molecule has 2 aromatic rings. The van der Waals surface area contributed by atoms with Crippen molar-refractivity contribution in [3.63, 3.8) is 0 Å². The topological polar surface area (TPSA) is 80.1 Å². The smallest absolute Gasteiger partial charge is 0.243 e. The minimum absolute atomic E-state index is 0.00146. The van der Waals surface area contributed by atoms with Gasteiger partial charge in [0.15, 0.2) is 0 Å². The summed E-state index contributed by atoms with van der Waals surface area (Å²) in [6.07, 6.45) is 3.37. The van der Waals surface area contributed by atoms with Crippen LogP contribution >= 0.6 is 0 Å². The molecule has 2 heterocycles. The predicted molar refractivity (Wildman–Crippen MR) is 109 cm³/mol. The number of piperidine rings is 1. The largest absolute Gasteiger partial charge is 0.494 e. The molecule has 3 rings (SSSR count). The number of nitrogens with zero attached hydrogens (tertiary/aromatic N) is 2. The first-order chi connectivity index (χ1) is 13.9. The van der Waals surface area contributed by atoms with Crippen LogP contribution in [0.3, 0.4) is 0 Å². The third-order valence-electron chi connectivity index (χ3n) is 5.13. The summed E-state index contributed by atoms with van der Waals surface area (Å²) in [5.41, 5.74) is 0. The number of carbonyl (C=O) groups excluding carboxylic acids is 1. The summed E-state index contributed by atoms with van der Waals surface area (Å²) < 4.78 is 38.4. The highest BCUT2D eigenvalue weighted by molar-refractivity contribution is 7.89. The third-order valence-corrected chi connectivity index (χ3v) is 6.94. The van der Waals surface area contributed by atoms with E-state index in [4.69, 9.17) is 9.15 Å². The van der Waals surface area contributed by atoms with Crippen LogP contribution in [0.2, 0.25) is 0 Å². The van der Waals surface area contributed by atoms with Gasteiger partial charge >= 0.3 is 0 Å². The molecule has 0 N–H and O–H groups in total. The Morgan fingerprint density at radius 3 is 2.48 bits per heavy atom. The van der Waals surface area contributed by atoms with Crippen molar-refractivity contribution in [2.75, 3.05) is 26.2 Å². The number of rotatable bonds is 8. The van der Waals surface area contributed by atoms with Crippen LogP contribution in [0.15, 0.2) is 52.0 Å². The van der Waals surface area contributed by atoms with Crippen LogP contribution in [0.25, 0.3) is 0 Å². The first-order valence-electron chi connectivity index (χ1n) is 9.93. The normalized spacial score (nSPS) is 15.6. The Labute approximate surface area is 172 Å². The number of sulfonamides is 1. The van der Waals surface area contributed by atoms with Crippen molar-refractivity contribution in [3.05, 3.63) is 48.4 Å². The summed E-state index contributed by atoms with van der Waals surface area (Å²) in [5.74, 6) is 1.49. The van der Waals surface area contributed by atoms with Crippen molar-refractivity contribution in [1.82, 2.24) is 9.21 Å². The highest BCUT2D eigenvalue weighted by Crippen LogP contribution is 2.23. The zero-order valence-electron chi connectivity index (χ0n) is 16.9. The number of hydrogen-bond donors (Lipinski definition) is 0. The fourth-order valence-electron chi connectivity index (χ4n) is 3.33. The number of amides is 1. The minimum Gasteiger partial charge on any atom is -0.494 e. The third kappa shape index (κ3) is 5.39. The first-order valence-corrected chi connectivity index (χ1v) is 11.4. The molecule has 0 bridgehead atoms. The lowest BCUT2D eigenvalue weighted by molar-refractivity contribution is -0.132. The Morgan fingerprint density at radius 1 is 1.21 bits per heavy atom. The molecule has 0 radical (unpaired) electrons. The summed E-state index contributed by atoms with van der Waals surface area (Å²) in [7, 11) is -3.88. The lowest BCUT2D eigenvalue weighted by atomic mass is 9.99. The van der Waals surface area contributed by atoms with Crippen LogP contribution in [0.1, 0.15) is 32.4 Å². The maximum Gasteiger partial charge on any atom is 0.243 e. The molecular formula is C21H28N2O5S. The maximum absolute atomic E-state index is 13.3. The fraction of sp³-hybridized carbons (Fsp3) is 0.476. The van der Waals surface area contributed by atoms with Crippen molar-refractivity contribution in [3.8, 4) is 5.75 Å². The molecule has 0 atom stereocenters. The van der Waals surface area contributed by atoms with Crippen LogP contribution in [0, 0.1) is 5.92 Å². The average Bonchev–Trinajstić information content (AvgIpc) is 3.22. The van der Waals surface area contributed by atoms with E-state index >= 15 is 0 Å². The second kappa shape index (κ2) is 9.45. The van der Waals surface area contributed by atoms with E-state index in [0.29, 0.717) is 37.1 Å². The molecule has 158 valence electrons. The zero-order valence-corrected chi connectivity index (χ0v) is 17.7. The average molecular weight is 421 g/mol. The Morgan fingerprint density at radius 2 is 1.90 bits per heavy atom. The number of likely N-dealkylation sites (tertiary alicyclic amines) is 1. The van der Waals surface area contributed by atoms with E-state index in [1.165, 1.54) is 22.7 Å². The van der Waals surface area contributed by atoms with Crippen molar-refractivity contribution in [1.29, 1.82) is 0 Å². The Hall–Kier alpha value is -2.32. The van der Waals surface area contributed by atoms with Crippen molar-refractivity contribution >= 4 is 15.9 Å². The Bertz CT molecular complexity index is 886. The van der Waals surface area contributed by atoms with Gasteiger partial charge in [0.25, 0.3) is 0 Å². The van der Waals surface area contributed by atoms with Gasteiger partial charge in [-0.05, 0) is 62.1 Å². The van der Waals surface area contributed by atoms with Crippen molar-refractivity contribution in [2.24, 2.45) is 5.92 Å². The first kappa shape index (κ1) is 21.4. The molecule has 29 heavy (non-hydrogen) atoms.